The zero-order valence-corrected chi connectivity index (χ0v) is 9.64. The van der Waals surface area contributed by atoms with Gasteiger partial charge in [0.05, 0.1) is 6.54 Å². The minimum atomic E-state index is -2.99. The van der Waals surface area contributed by atoms with E-state index in [-0.39, 0.29) is 5.56 Å². The first kappa shape index (κ1) is 12.5. The highest BCUT2D eigenvalue weighted by Gasteiger charge is 2.29. The molecule has 0 fully saturated rings. The molecule has 0 aromatic heterocycles. The van der Waals surface area contributed by atoms with Gasteiger partial charge in [0, 0.05) is 5.56 Å². The monoisotopic (exact) mass is 249 g/mol. The smallest absolute Gasteiger partial charge is 0.285 e. The molecule has 18 heavy (non-hydrogen) atoms. The van der Waals surface area contributed by atoms with Crippen LogP contribution in [0, 0.1) is 0 Å². The Kier molecular flexibility index (Phi) is 3.58. The van der Waals surface area contributed by atoms with Crippen LogP contribution in [-0.4, -0.2) is 6.54 Å². The van der Waals surface area contributed by atoms with Crippen molar-refractivity contribution >= 4 is 0 Å². The Morgan fingerprint density at radius 2 is 1.44 bits per heavy atom. The van der Waals surface area contributed by atoms with Crippen LogP contribution in [0.5, 0.6) is 11.5 Å². The van der Waals surface area contributed by atoms with Gasteiger partial charge in [-0.2, -0.15) is 8.78 Å². The van der Waals surface area contributed by atoms with Crippen LogP contribution in [-0.2, 0) is 5.92 Å². The van der Waals surface area contributed by atoms with Crippen LogP contribution in [0.25, 0.3) is 0 Å². The van der Waals surface area contributed by atoms with E-state index in [9.17, 15) is 8.78 Å². The summed E-state index contributed by atoms with van der Waals surface area (Å²) in [6.07, 6.45) is 0. The molecule has 2 nitrogen and oxygen atoms in total. The maximum atomic E-state index is 13.3. The zero-order chi connectivity index (χ0) is 13.0. The molecule has 0 amide bonds. The second kappa shape index (κ2) is 5.14. The van der Waals surface area contributed by atoms with Crippen LogP contribution in [0.4, 0.5) is 8.78 Å². The highest BCUT2D eigenvalue weighted by Crippen LogP contribution is 2.29. The van der Waals surface area contributed by atoms with E-state index in [4.69, 9.17) is 10.5 Å². The Morgan fingerprint density at radius 1 is 0.889 bits per heavy atom. The molecule has 0 heterocycles. The molecular formula is C14H13F2NO. The lowest BCUT2D eigenvalue weighted by Gasteiger charge is -2.14. The number of hydrogen-bond donors (Lipinski definition) is 1. The second-order valence-electron chi connectivity index (χ2n) is 3.85. The summed E-state index contributed by atoms with van der Waals surface area (Å²) in [5.41, 5.74) is 4.91. The minimum Gasteiger partial charge on any atom is -0.457 e. The van der Waals surface area contributed by atoms with Gasteiger partial charge in [-0.15, -0.1) is 0 Å². The Labute approximate surface area is 104 Å². The topological polar surface area (TPSA) is 35.2 Å². The number of benzene rings is 2. The van der Waals surface area contributed by atoms with Crippen LogP contribution in [0.2, 0.25) is 0 Å². The molecule has 0 radical (unpaired) electrons. The summed E-state index contributed by atoms with van der Waals surface area (Å²) in [4.78, 5) is 0. The van der Waals surface area contributed by atoms with E-state index in [1.165, 1.54) is 24.3 Å². The third-order valence-electron chi connectivity index (χ3n) is 2.51. The summed E-state index contributed by atoms with van der Waals surface area (Å²) in [5.74, 6) is -1.82. The Bertz CT molecular complexity index is 497. The standard InChI is InChI=1S/C14H13F2NO/c15-14(16,10-17)11-6-8-13(9-7-11)18-12-4-2-1-3-5-12/h1-9H,10,17H2. The summed E-state index contributed by atoms with van der Waals surface area (Å²) in [6, 6.07) is 14.8. The number of ether oxygens (including phenoxy) is 1. The Hall–Kier alpha value is -1.94. The second-order valence-corrected chi connectivity index (χ2v) is 3.85. The van der Waals surface area contributed by atoms with Crippen molar-refractivity contribution in [2.24, 2.45) is 5.73 Å². The van der Waals surface area contributed by atoms with Gasteiger partial charge in [0.2, 0.25) is 0 Å². The molecule has 2 aromatic rings. The minimum absolute atomic E-state index is 0.106. The lowest BCUT2D eigenvalue weighted by atomic mass is 10.1. The fourth-order valence-corrected chi connectivity index (χ4v) is 1.51. The molecule has 0 unspecified atom stereocenters. The number of nitrogens with two attached hydrogens (primary N) is 1. The van der Waals surface area contributed by atoms with Crippen LogP contribution in [0.15, 0.2) is 54.6 Å². The first-order chi connectivity index (χ1) is 8.62. The van der Waals surface area contributed by atoms with Crippen molar-refractivity contribution in [3.05, 3.63) is 60.2 Å². The van der Waals surface area contributed by atoms with Crippen LogP contribution in [0.1, 0.15) is 5.56 Å². The summed E-state index contributed by atoms with van der Waals surface area (Å²) >= 11 is 0. The van der Waals surface area contributed by atoms with Crippen molar-refractivity contribution in [2.75, 3.05) is 6.54 Å². The van der Waals surface area contributed by atoms with Gasteiger partial charge in [0.15, 0.2) is 0 Å². The first-order valence-electron chi connectivity index (χ1n) is 5.53. The van der Waals surface area contributed by atoms with Gasteiger partial charge in [0.1, 0.15) is 11.5 Å². The Balaban J connectivity index is 2.14. The van der Waals surface area contributed by atoms with Crippen LogP contribution < -0.4 is 10.5 Å². The summed E-state index contributed by atoms with van der Waals surface area (Å²) < 4.78 is 32.1. The van der Waals surface area contributed by atoms with E-state index in [1.54, 1.807) is 12.1 Å². The quantitative estimate of drug-likeness (QED) is 0.899. The van der Waals surface area contributed by atoms with E-state index in [2.05, 4.69) is 0 Å². The molecule has 2 aromatic carbocycles. The van der Waals surface area contributed by atoms with Crippen molar-refractivity contribution < 1.29 is 13.5 Å². The molecule has 0 aliphatic rings. The van der Waals surface area contributed by atoms with Gasteiger partial charge >= 0.3 is 0 Å². The van der Waals surface area contributed by atoms with E-state index >= 15 is 0 Å². The molecule has 0 aliphatic carbocycles. The van der Waals surface area contributed by atoms with Gasteiger partial charge in [-0.3, -0.25) is 0 Å². The van der Waals surface area contributed by atoms with E-state index in [0.717, 1.165) is 0 Å². The number of rotatable bonds is 4. The fourth-order valence-electron chi connectivity index (χ4n) is 1.51. The van der Waals surface area contributed by atoms with E-state index in [0.29, 0.717) is 11.5 Å². The van der Waals surface area contributed by atoms with Crippen molar-refractivity contribution in [3.8, 4) is 11.5 Å². The molecule has 0 saturated heterocycles. The molecular weight excluding hydrogens is 236 g/mol. The third-order valence-corrected chi connectivity index (χ3v) is 2.51. The number of hydrogen-bond acceptors (Lipinski definition) is 2. The normalized spacial score (nSPS) is 11.3. The number of para-hydroxylation sites is 1. The maximum absolute atomic E-state index is 13.3. The number of halogens is 2. The SMILES string of the molecule is NCC(F)(F)c1ccc(Oc2ccccc2)cc1. The summed E-state index contributed by atoms with van der Waals surface area (Å²) in [5, 5.41) is 0. The average Bonchev–Trinajstić information content (AvgIpc) is 2.40. The molecule has 2 rings (SSSR count). The van der Waals surface area contributed by atoms with Gasteiger partial charge < -0.3 is 10.5 Å². The van der Waals surface area contributed by atoms with E-state index in [1.807, 2.05) is 18.2 Å². The molecule has 4 heteroatoms. The van der Waals surface area contributed by atoms with Gasteiger partial charge in [-0.05, 0) is 36.4 Å². The largest absolute Gasteiger partial charge is 0.457 e. The highest BCUT2D eigenvalue weighted by molar-refractivity contribution is 5.34. The molecule has 0 saturated carbocycles. The molecule has 0 atom stereocenters. The summed E-state index contributed by atoms with van der Waals surface area (Å²) in [7, 11) is 0. The summed E-state index contributed by atoms with van der Waals surface area (Å²) in [6.45, 7) is -0.702. The molecule has 0 aliphatic heterocycles. The maximum Gasteiger partial charge on any atom is 0.285 e. The van der Waals surface area contributed by atoms with Crippen LogP contribution in [0.3, 0.4) is 0 Å². The van der Waals surface area contributed by atoms with Crippen LogP contribution >= 0.6 is 0 Å². The van der Waals surface area contributed by atoms with Crippen molar-refractivity contribution in [1.29, 1.82) is 0 Å². The fraction of sp³-hybridized carbons (Fsp3) is 0.143. The molecule has 94 valence electrons. The molecule has 0 spiro atoms. The van der Waals surface area contributed by atoms with Gasteiger partial charge in [0.25, 0.3) is 5.92 Å². The predicted molar refractivity (Wildman–Crippen MR) is 65.9 cm³/mol. The number of alkyl halides is 2. The zero-order valence-electron chi connectivity index (χ0n) is 9.64. The molecule has 2 N–H and O–H groups in total. The predicted octanol–water partition coefficient (Wildman–Crippen LogP) is 3.53. The average molecular weight is 249 g/mol. The van der Waals surface area contributed by atoms with Crippen molar-refractivity contribution in [1.82, 2.24) is 0 Å². The van der Waals surface area contributed by atoms with E-state index < -0.39 is 12.5 Å². The van der Waals surface area contributed by atoms with Gasteiger partial charge in [-0.1, -0.05) is 18.2 Å². The lowest BCUT2D eigenvalue weighted by molar-refractivity contribution is 0.00593. The first-order valence-corrected chi connectivity index (χ1v) is 5.53. The highest BCUT2D eigenvalue weighted by atomic mass is 19.3. The molecule has 0 bridgehead atoms. The van der Waals surface area contributed by atoms with Gasteiger partial charge in [-0.25, -0.2) is 0 Å². The van der Waals surface area contributed by atoms with Crippen molar-refractivity contribution in [3.63, 3.8) is 0 Å². The lowest BCUT2D eigenvalue weighted by Crippen LogP contribution is -2.24. The Morgan fingerprint density at radius 3 is 2.00 bits per heavy atom. The third kappa shape index (κ3) is 2.84. The van der Waals surface area contributed by atoms with Crippen molar-refractivity contribution in [2.45, 2.75) is 5.92 Å².